The van der Waals surface area contributed by atoms with Gasteiger partial charge in [0.1, 0.15) is 0 Å². The van der Waals surface area contributed by atoms with Crippen molar-refractivity contribution in [1.29, 1.82) is 0 Å². The first kappa shape index (κ1) is 17.5. The van der Waals surface area contributed by atoms with Crippen LogP contribution in [0.5, 0.6) is 0 Å². The molecule has 0 amide bonds. The maximum Gasteiger partial charge on any atom is 0.303 e. The summed E-state index contributed by atoms with van der Waals surface area (Å²) in [6.07, 6.45) is 14.6. The van der Waals surface area contributed by atoms with E-state index >= 15 is 0 Å². The molecule has 0 aromatic rings. The maximum atomic E-state index is 10.1. The van der Waals surface area contributed by atoms with Crippen LogP contribution in [0.25, 0.3) is 0 Å². The van der Waals surface area contributed by atoms with Gasteiger partial charge in [-0.2, -0.15) is 0 Å². The van der Waals surface area contributed by atoms with Gasteiger partial charge >= 0.3 is 5.97 Å². The van der Waals surface area contributed by atoms with E-state index in [1.807, 2.05) is 0 Å². The van der Waals surface area contributed by atoms with Crippen molar-refractivity contribution in [2.24, 2.45) is 5.92 Å². The molecule has 0 spiro atoms. The predicted octanol–water partition coefficient (Wildman–Crippen LogP) is 5.41. The Hall–Kier alpha value is -0.530. The summed E-state index contributed by atoms with van der Waals surface area (Å²) in [5, 5.41) is 8.35. The van der Waals surface area contributed by atoms with E-state index in [-0.39, 0.29) is 0 Å². The van der Waals surface area contributed by atoms with Crippen LogP contribution in [0.2, 0.25) is 0 Å². The van der Waals surface area contributed by atoms with Gasteiger partial charge in [-0.3, -0.25) is 4.79 Å². The summed E-state index contributed by atoms with van der Waals surface area (Å²) >= 11 is 0. The van der Waals surface area contributed by atoms with Crippen LogP contribution in [-0.4, -0.2) is 11.1 Å². The molecule has 0 aliphatic heterocycles. The molecule has 2 heteroatoms. The molecule has 0 radical (unpaired) electrons. The molecule has 0 bridgehead atoms. The van der Waals surface area contributed by atoms with E-state index in [1.165, 1.54) is 57.8 Å². The van der Waals surface area contributed by atoms with Gasteiger partial charge in [-0.15, -0.1) is 0 Å². The number of carboxylic acid groups (broad SMARTS) is 1. The van der Waals surface area contributed by atoms with Crippen LogP contribution in [0.15, 0.2) is 0 Å². The first-order valence-corrected chi connectivity index (χ1v) is 7.88. The largest absolute Gasteiger partial charge is 0.481 e. The number of aliphatic carboxylic acids is 1. The molecular formula is C16H32O2. The molecule has 1 fully saturated rings. The Balaban J connectivity index is 0.000000397. The van der Waals surface area contributed by atoms with Crippen LogP contribution in [0, 0.1) is 5.92 Å². The average Bonchev–Trinajstić information content (AvgIpc) is 2.80. The molecule has 1 saturated carbocycles. The van der Waals surface area contributed by atoms with Crippen molar-refractivity contribution in [3.63, 3.8) is 0 Å². The standard InChI is InChI=1S/C10H20O2.C6H12/c1-2-3-4-5-6-7-8-9-10(11)12;1-6-4-2-3-5-6/h2-9H2,1H3,(H,11,12);6H,2-5H2,1H3. The van der Waals surface area contributed by atoms with Crippen molar-refractivity contribution in [1.82, 2.24) is 0 Å². The SMILES string of the molecule is CC1CCCC1.CCCCCCCCCC(=O)O. The Kier molecular flexibility index (Phi) is 12.5. The lowest BCUT2D eigenvalue weighted by molar-refractivity contribution is -0.137. The number of rotatable bonds is 8. The van der Waals surface area contributed by atoms with Crippen molar-refractivity contribution in [2.75, 3.05) is 0 Å². The third-order valence-electron chi connectivity index (χ3n) is 3.64. The monoisotopic (exact) mass is 256 g/mol. The average molecular weight is 256 g/mol. The molecule has 2 nitrogen and oxygen atoms in total. The zero-order valence-corrected chi connectivity index (χ0v) is 12.4. The van der Waals surface area contributed by atoms with Crippen LogP contribution in [-0.2, 0) is 4.79 Å². The maximum absolute atomic E-state index is 10.1. The predicted molar refractivity (Wildman–Crippen MR) is 77.9 cm³/mol. The summed E-state index contributed by atoms with van der Waals surface area (Å²) in [6.45, 7) is 4.54. The summed E-state index contributed by atoms with van der Waals surface area (Å²) < 4.78 is 0. The Morgan fingerprint density at radius 1 is 1.00 bits per heavy atom. The lowest BCUT2D eigenvalue weighted by Crippen LogP contribution is -1.93. The van der Waals surface area contributed by atoms with Gasteiger partial charge in [-0.05, 0) is 12.3 Å². The number of carboxylic acids is 1. The van der Waals surface area contributed by atoms with Crippen molar-refractivity contribution in [3.8, 4) is 0 Å². The number of hydrogen-bond donors (Lipinski definition) is 1. The number of hydrogen-bond acceptors (Lipinski definition) is 1. The van der Waals surface area contributed by atoms with Crippen molar-refractivity contribution < 1.29 is 9.90 Å². The molecular weight excluding hydrogens is 224 g/mol. The zero-order valence-electron chi connectivity index (χ0n) is 12.4. The van der Waals surface area contributed by atoms with Crippen molar-refractivity contribution >= 4 is 5.97 Å². The highest BCUT2D eigenvalue weighted by Crippen LogP contribution is 2.22. The second-order valence-corrected chi connectivity index (χ2v) is 5.65. The van der Waals surface area contributed by atoms with Gasteiger partial charge in [0.25, 0.3) is 0 Å². The third kappa shape index (κ3) is 13.5. The summed E-state index contributed by atoms with van der Waals surface area (Å²) in [4.78, 5) is 10.1. The fraction of sp³-hybridized carbons (Fsp3) is 0.938. The second kappa shape index (κ2) is 12.9. The van der Waals surface area contributed by atoms with Gasteiger partial charge in [-0.1, -0.05) is 78.1 Å². The fourth-order valence-electron chi connectivity index (χ4n) is 2.36. The van der Waals surface area contributed by atoms with E-state index in [1.54, 1.807) is 0 Å². The summed E-state index contributed by atoms with van der Waals surface area (Å²) in [5.41, 5.74) is 0. The molecule has 0 atom stereocenters. The Labute approximate surface area is 113 Å². The summed E-state index contributed by atoms with van der Waals surface area (Å²) in [5.74, 6) is 0.383. The van der Waals surface area contributed by atoms with Crippen LogP contribution in [0.3, 0.4) is 0 Å². The molecule has 1 aliphatic rings. The third-order valence-corrected chi connectivity index (χ3v) is 3.64. The molecule has 1 aliphatic carbocycles. The number of carbonyl (C=O) groups is 1. The quantitative estimate of drug-likeness (QED) is 0.590. The van der Waals surface area contributed by atoms with Gasteiger partial charge in [0, 0.05) is 6.42 Å². The molecule has 0 aromatic carbocycles. The molecule has 18 heavy (non-hydrogen) atoms. The Morgan fingerprint density at radius 2 is 1.50 bits per heavy atom. The molecule has 1 rings (SSSR count). The van der Waals surface area contributed by atoms with E-state index in [0.717, 1.165) is 18.8 Å². The smallest absolute Gasteiger partial charge is 0.303 e. The van der Waals surface area contributed by atoms with Crippen LogP contribution < -0.4 is 0 Å². The fourth-order valence-corrected chi connectivity index (χ4v) is 2.36. The highest BCUT2D eigenvalue weighted by Gasteiger charge is 2.07. The molecule has 0 unspecified atom stereocenters. The first-order valence-electron chi connectivity index (χ1n) is 7.88. The normalized spacial score (nSPS) is 15.2. The molecule has 0 saturated heterocycles. The van der Waals surface area contributed by atoms with Crippen molar-refractivity contribution in [3.05, 3.63) is 0 Å². The van der Waals surface area contributed by atoms with Gasteiger partial charge in [0.2, 0.25) is 0 Å². The van der Waals surface area contributed by atoms with Crippen LogP contribution in [0.4, 0.5) is 0 Å². The highest BCUT2D eigenvalue weighted by atomic mass is 16.4. The van der Waals surface area contributed by atoms with E-state index in [2.05, 4.69) is 13.8 Å². The van der Waals surface area contributed by atoms with E-state index in [4.69, 9.17) is 5.11 Å². The minimum atomic E-state index is -0.663. The number of unbranched alkanes of at least 4 members (excludes halogenated alkanes) is 6. The Morgan fingerprint density at radius 3 is 1.89 bits per heavy atom. The van der Waals surface area contributed by atoms with Gasteiger partial charge < -0.3 is 5.11 Å². The molecule has 1 N–H and O–H groups in total. The second-order valence-electron chi connectivity index (χ2n) is 5.65. The molecule has 0 heterocycles. The lowest BCUT2D eigenvalue weighted by atomic mass is 10.1. The van der Waals surface area contributed by atoms with Crippen LogP contribution >= 0.6 is 0 Å². The topological polar surface area (TPSA) is 37.3 Å². The molecule has 108 valence electrons. The minimum absolute atomic E-state index is 0.341. The highest BCUT2D eigenvalue weighted by molar-refractivity contribution is 5.66. The van der Waals surface area contributed by atoms with E-state index in [0.29, 0.717) is 6.42 Å². The lowest BCUT2D eigenvalue weighted by Gasteiger charge is -1.98. The van der Waals surface area contributed by atoms with Crippen molar-refractivity contribution in [2.45, 2.75) is 90.9 Å². The minimum Gasteiger partial charge on any atom is -0.481 e. The zero-order chi connectivity index (χ0) is 13.6. The van der Waals surface area contributed by atoms with Gasteiger partial charge in [0.15, 0.2) is 0 Å². The van der Waals surface area contributed by atoms with Gasteiger partial charge in [-0.25, -0.2) is 0 Å². The molecule has 0 aromatic heterocycles. The summed E-state index contributed by atoms with van der Waals surface area (Å²) in [6, 6.07) is 0. The van der Waals surface area contributed by atoms with E-state index in [9.17, 15) is 4.79 Å². The van der Waals surface area contributed by atoms with Gasteiger partial charge in [0.05, 0.1) is 0 Å². The first-order chi connectivity index (χ1) is 8.66. The van der Waals surface area contributed by atoms with Crippen LogP contribution in [0.1, 0.15) is 90.9 Å². The Bertz CT molecular complexity index is 184. The van der Waals surface area contributed by atoms with E-state index < -0.39 is 5.97 Å². The summed E-state index contributed by atoms with van der Waals surface area (Å²) in [7, 11) is 0.